The van der Waals surface area contributed by atoms with Gasteiger partial charge in [0, 0.05) is 25.0 Å². The summed E-state index contributed by atoms with van der Waals surface area (Å²) in [5, 5.41) is 11.8. The van der Waals surface area contributed by atoms with Crippen molar-refractivity contribution in [2.75, 3.05) is 11.9 Å². The van der Waals surface area contributed by atoms with Gasteiger partial charge in [-0.3, -0.25) is 4.57 Å². The van der Waals surface area contributed by atoms with Crippen LogP contribution in [0, 0.1) is 0 Å². The third kappa shape index (κ3) is 2.04. The Morgan fingerprint density at radius 2 is 2.19 bits per heavy atom. The molecule has 5 nitrogen and oxygen atoms in total. The molecule has 1 heterocycles. The molecule has 1 aromatic heterocycles. The summed E-state index contributed by atoms with van der Waals surface area (Å²) in [5.41, 5.74) is 5.95. The van der Waals surface area contributed by atoms with Gasteiger partial charge in [0.2, 0.25) is 5.95 Å². The first kappa shape index (κ1) is 11.4. The van der Waals surface area contributed by atoms with Crippen molar-refractivity contribution in [1.29, 1.82) is 0 Å². The molecule has 0 radical (unpaired) electrons. The van der Waals surface area contributed by atoms with E-state index >= 15 is 0 Å². The summed E-state index contributed by atoms with van der Waals surface area (Å²) < 4.78 is 2.17. The standard InChI is InChI=1S/C11H21N5/c1-3-13-11-15-14-10(16(11)4-2)8-5-6-9(12)7-8/h8-9H,3-7,12H2,1-2H3,(H,13,15)/t8-,9+/m1/s1. The molecule has 90 valence electrons. The summed E-state index contributed by atoms with van der Waals surface area (Å²) in [6.07, 6.45) is 3.30. The molecule has 0 amide bonds. The molecule has 0 bridgehead atoms. The zero-order valence-corrected chi connectivity index (χ0v) is 10.1. The maximum atomic E-state index is 5.95. The van der Waals surface area contributed by atoms with Crippen molar-refractivity contribution in [2.45, 2.75) is 51.6 Å². The molecule has 1 aliphatic rings. The Labute approximate surface area is 96.4 Å². The van der Waals surface area contributed by atoms with Crippen LogP contribution in [0.5, 0.6) is 0 Å². The summed E-state index contributed by atoms with van der Waals surface area (Å²) in [5.74, 6) is 2.49. The number of nitrogens with zero attached hydrogens (tertiary/aromatic N) is 3. The molecule has 3 N–H and O–H groups in total. The summed E-state index contributed by atoms with van der Waals surface area (Å²) >= 11 is 0. The first-order chi connectivity index (χ1) is 7.76. The van der Waals surface area contributed by atoms with E-state index in [1.807, 2.05) is 0 Å². The molecule has 1 aliphatic carbocycles. The van der Waals surface area contributed by atoms with Gasteiger partial charge in [0.1, 0.15) is 5.82 Å². The molecule has 2 atom stereocenters. The molecule has 0 unspecified atom stereocenters. The fourth-order valence-corrected chi connectivity index (χ4v) is 2.47. The summed E-state index contributed by atoms with van der Waals surface area (Å²) in [6.45, 7) is 5.99. The summed E-state index contributed by atoms with van der Waals surface area (Å²) in [7, 11) is 0. The van der Waals surface area contributed by atoms with E-state index in [9.17, 15) is 0 Å². The Morgan fingerprint density at radius 3 is 2.75 bits per heavy atom. The van der Waals surface area contributed by atoms with Crippen LogP contribution in [0.2, 0.25) is 0 Å². The smallest absolute Gasteiger partial charge is 0.224 e. The highest BCUT2D eigenvalue weighted by Gasteiger charge is 2.27. The maximum absolute atomic E-state index is 5.95. The van der Waals surface area contributed by atoms with Crippen LogP contribution < -0.4 is 11.1 Å². The largest absolute Gasteiger partial charge is 0.355 e. The number of aromatic nitrogens is 3. The van der Waals surface area contributed by atoms with Crippen molar-refractivity contribution in [2.24, 2.45) is 5.73 Å². The number of nitrogens with one attached hydrogen (secondary N) is 1. The second kappa shape index (κ2) is 4.82. The first-order valence-electron chi connectivity index (χ1n) is 6.18. The highest BCUT2D eigenvalue weighted by molar-refractivity contribution is 5.26. The van der Waals surface area contributed by atoms with Crippen LogP contribution in [0.3, 0.4) is 0 Å². The van der Waals surface area contributed by atoms with Gasteiger partial charge in [-0.1, -0.05) is 0 Å². The van der Waals surface area contributed by atoms with E-state index in [1.54, 1.807) is 0 Å². The van der Waals surface area contributed by atoms with Crippen molar-refractivity contribution in [3.63, 3.8) is 0 Å². The van der Waals surface area contributed by atoms with Crippen LogP contribution in [-0.4, -0.2) is 27.4 Å². The third-order valence-electron chi connectivity index (χ3n) is 3.27. The average Bonchev–Trinajstić information content (AvgIpc) is 2.85. The van der Waals surface area contributed by atoms with Gasteiger partial charge in [-0.05, 0) is 33.1 Å². The lowest BCUT2D eigenvalue weighted by atomic mass is 10.1. The van der Waals surface area contributed by atoms with Crippen molar-refractivity contribution in [3.05, 3.63) is 5.82 Å². The van der Waals surface area contributed by atoms with Crippen molar-refractivity contribution < 1.29 is 0 Å². The minimum atomic E-state index is 0.342. The highest BCUT2D eigenvalue weighted by Crippen LogP contribution is 2.33. The van der Waals surface area contributed by atoms with Gasteiger partial charge in [-0.15, -0.1) is 10.2 Å². The van der Waals surface area contributed by atoms with Gasteiger partial charge in [0.15, 0.2) is 0 Å². The molecular weight excluding hydrogens is 202 g/mol. The van der Waals surface area contributed by atoms with Crippen LogP contribution in [0.1, 0.15) is 44.9 Å². The molecule has 0 saturated heterocycles. The number of anilines is 1. The Balaban J connectivity index is 2.20. The number of hydrogen-bond donors (Lipinski definition) is 2. The second-order valence-electron chi connectivity index (χ2n) is 4.43. The molecule has 0 aliphatic heterocycles. The van der Waals surface area contributed by atoms with E-state index in [4.69, 9.17) is 5.73 Å². The fourth-order valence-electron chi connectivity index (χ4n) is 2.47. The zero-order valence-electron chi connectivity index (χ0n) is 10.1. The van der Waals surface area contributed by atoms with E-state index in [2.05, 4.69) is 33.9 Å². The lowest BCUT2D eigenvalue weighted by Gasteiger charge is -2.12. The minimum Gasteiger partial charge on any atom is -0.355 e. The Bertz CT molecular complexity index is 346. The van der Waals surface area contributed by atoms with E-state index in [1.165, 1.54) is 0 Å². The van der Waals surface area contributed by atoms with Gasteiger partial charge < -0.3 is 11.1 Å². The van der Waals surface area contributed by atoms with Crippen LogP contribution in [0.4, 0.5) is 5.95 Å². The second-order valence-corrected chi connectivity index (χ2v) is 4.43. The first-order valence-corrected chi connectivity index (χ1v) is 6.18. The molecule has 0 aromatic carbocycles. The molecule has 1 saturated carbocycles. The number of rotatable bonds is 4. The SMILES string of the molecule is CCNc1nnc([C@@H]2CC[C@H](N)C2)n1CC. The molecular formula is C11H21N5. The van der Waals surface area contributed by atoms with Crippen LogP contribution in [0.25, 0.3) is 0 Å². The van der Waals surface area contributed by atoms with Gasteiger partial charge >= 0.3 is 0 Å². The fraction of sp³-hybridized carbons (Fsp3) is 0.818. The van der Waals surface area contributed by atoms with Gasteiger partial charge in [-0.25, -0.2) is 0 Å². The molecule has 5 heteroatoms. The van der Waals surface area contributed by atoms with Crippen molar-refractivity contribution >= 4 is 5.95 Å². The van der Waals surface area contributed by atoms with Gasteiger partial charge in [0.05, 0.1) is 0 Å². The molecule has 1 aromatic rings. The monoisotopic (exact) mass is 223 g/mol. The third-order valence-corrected chi connectivity index (χ3v) is 3.27. The van der Waals surface area contributed by atoms with E-state index in [-0.39, 0.29) is 0 Å². The lowest BCUT2D eigenvalue weighted by Crippen LogP contribution is -2.16. The predicted molar refractivity (Wildman–Crippen MR) is 64.4 cm³/mol. The molecule has 0 spiro atoms. The Morgan fingerprint density at radius 1 is 1.38 bits per heavy atom. The van der Waals surface area contributed by atoms with Gasteiger partial charge in [-0.2, -0.15) is 0 Å². The van der Waals surface area contributed by atoms with Crippen molar-refractivity contribution in [3.8, 4) is 0 Å². The van der Waals surface area contributed by atoms with E-state index in [0.29, 0.717) is 12.0 Å². The topological polar surface area (TPSA) is 68.8 Å². The normalized spacial score (nSPS) is 24.9. The van der Waals surface area contributed by atoms with Crippen LogP contribution in [-0.2, 0) is 6.54 Å². The average molecular weight is 223 g/mol. The van der Waals surface area contributed by atoms with Gasteiger partial charge in [0.25, 0.3) is 0 Å². The summed E-state index contributed by atoms with van der Waals surface area (Å²) in [6, 6.07) is 0.342. The zero-order chi connectivity index (χ0) is 11.5. The van der Waals surface area contributed by atoms with E-state index in [0.717, 1.165) is 44.1 Å². The summed E-state index contributed by atoms with van der Waals surface area (Å²) in [4.78, 5) is 0. The minimum absolute atomic E-state index is 0.342. The molecule has 16 heavy (non-hydrogen) atoms. The van der Waals surface area contributed by atoms with Crippen LogP contribution >= 0.6 is 0 Å². The predicted octanol–water partition coefficient (Wildman–Crippen LogP) is 1.32. The van der Waals surface area contributed by atoms with Crippen molar-refractivity contribution in [1.82, 2.24) is 14.8 Å². The van der Waals surface area contributed by atoms with E-state index < -0.39 is 0 Å². The Hall–Kier alpha value is -1.10. The maximum Gasteiger partial charge on any atom is 0.224 e. The molecule has 2 rings (SSSR count). The quantitative estimate of drug-likeness (QED) is 0.808. The lowest BCUT2D eigenvalue weighted by molar-refractivity contribution is 0.591. The van der Waals surface area contributed by atoms with Crippen LogP contribution in [0.15, 0.2) is 0 Å². The Kier molecular flexibility index (Phi) is 3.43. The molecule has 1 fully saturated rings. The number of hydrogen-bond acceptors (Lipinski definition) is 4. The highest BCUT2D eigenvalue weighted by atomic mass is 15.3. The number of nitrogens with two attached hydrogens (primary N) is 1.